The molecule has 0 atom stereocenters. The van der Waals surface area contributed by atoms with E-state index in [4.69, 9.17) is 24.5 Å². The van der Waals surface area contributed by atoms with Crippen LogP contribution >= 0.6 is 0 Å². The first kappa shape index (κ1) is 18.1. The lowest BCUT2D eigenvalue weighted by Crippen LogP contribution is -2.18. The maximum atomic E-state index is 9.10. The molecule has 0 fully saturated rings. The topological polar surface area (TPSA) is 95.9 Å². The molecular weight excluding hydrogens is 262 g/mol. The highest BCUT2D eigenvalue weighted by Gasteiger charge is 2.04. The molecule has 0 aromatic heterocycles. The van der Waals surface area contributed by atoms with Gasteiger partial charge in [0.05, 0.1) is 6.61 Å². The highest BCUT2D eigenvalue weighted by molar-refractivity contribution is 6.27. The molecule has 112 valence electrons. The molecule has 1 aromatic rings. The van der Waals surface area contributed by atoms with Crippen LogP contribution in [0.4, 0.5) is 0 Å². The summed E-state index contributed by atoms with van der Waals surface area (Å²) < 4.78 is 4.95. The normalized spacial score (nSPS) is 9.50. The van der Waals surface area contributed by atoms with Crippen LogP contribution in [0, 0.1) is 0 Å². The van der Waals surface area contributed by atoms with Crippen molar-refractivity contribution in [3.8, 4) is 0 Å². The van der Waals surface area contributed by atoms with E-state index in [0.717, 1.165) is 26.1 Å². The summed E-state index contributed by atoms with van der Waals surface area (Å²) in [6.07, 6.45) is 1.11. The monoisotopic (exact) mass is 283 g/mol. The van der Waals surface area contributed by atoms with Crippen LogP contribution in [0.15, 0.2) is 24.3 Å². The van der Waals surface area contributed by atoms with Gasteiger partial charge in [0.2, 0.25) is 0 Å². The van der Waals surface area contributed by atoms with Crippen LogP contribution in [0.3, 0.4) is 0 Å². The fourth-order valence-electron chi connectivity index (χ4n) is 1.30. The van der Waals surface area contributed by atoms with Gasteiger partial charge in [-0.25, -0.2) is 9.59 Å². The van der Waals surface area contributed by atoms with Crippen LogP contribution in [-0.4, -0.2) is 42.4 Å². The van der Waals surface area contributed by atoms with Gasteiger partial charge in [0.15, 0.2) is 0 Å². The molecule has 3 N–H and O–H groups in total. The third kappa shape index (κ3) is 9.07. The molecule has 0 aliphatic rings. The zero-order valence-corrected chi connectivity index (χ0v) is 11.8. The van der Waals surface area contributed by atoms with Crippen molar-refractivity contribution in [2.75, 3.05) is 20.3 Å². The first-order chi connectivity index (χ1) is 9.51. The van der Waals surface area contributed by atoms with Gasteiger partial charge in [0, 0.05) is 20.2 Å². The zero-order chi connectivity index (χ0) is 15.4. The standard InChI is InChI=1S/C12H19NO.C2H2O4/c1-3-11-4-6-12(7-5-11)10-13-8-9-14-2;3-1(4)2(5)6/h4-7,13H,3,8-10H2,1-2H3;(H,3,4)(H,5,6). The Kier molecular flexibility index (Phi) is 9.90. The quantitative estimate of drug-likeness (QED) is 0.535. The van der Waals surface area contributed by atoms with Crippen molar-refractivity contribution in [2.24, 2.45) is 0 Å². The second-order valence-electron chi connectivity index (χ2n) is 3.95. The summed E-state index contributed by atoms with van der Waals surface area (Å²) in [5.41, 5.74) is 2.73. The first-order valence-corrected chi connectivity index (χ1v) is 6.25. The minimum absolute atomic E-state index is 0.771. The summed E-state index contributed by atoms with van der Waals surface area (Å²) in [4.78, 5) is 18.2. The van der Waals surface area contributed by atoms with Gasteiger partial charge in [-0.1, -0.05) is 31.2 Å². The number of carboxylic acids is 2. The van der Waals surface area contributed by atoms with E-state index in [1.54, 1.807) is 7.11 Å². The van der Waals surface area contributed by atoms with Gasteiger partial charge >= 0.3 is 11.9 Å². The number of ether oxygens (including phenoxy) is 1. The Bertz CT molecular complexity index is 391. The Labute approximate surface area is 118 Å². The number of carbonyl (C=O) groups is 2. The molecule has 6 nitrogen and oxygen atoms in total. The average Bonchev–Trinajstić information content (AvgIpc) is 2.45. The van der Waals surface area contributed by atoms with E-state index in [9.17, 15) is 0 Å². The molecule has 1 rings (SSSR count). The van der Waals surface area contributed by atoms with Crippen LogP contribution in [0.1, 0.15) is 18.1 Å². The lowest BCUT2D eigenvalue weighted by Gasteiger charge is -2.04. The molecule has 0 aliphatic carbocycles. The van der Waals surface area contributed by atoms with Crippen molar-refractivity contribution >= 4 is 11.9 Å². The molecule has 1 aromatic carbocycles. The summed E-state index contributed by atoms with van der Waals surface area (Å²) in [5.74, 6) is -3.65. The van der Waals surface area contributed by atoms with E-state index in [1.807, 2.05) is 0 Å². The molecule has 0 spiro atoms. The van der Waals surface area contributed by atoms with Gasteiger partial charge in [-0.2, -0.15) is 0 Å². The number of methoxy groups -OCH3 is 1. The van der Waals surface area contributed by atoms with Gasteiger partial charge in [-0.05, 0) is 17.5 Å². The molecular formula is C14H21NO5. The summed E-state index contributed by atoms with van der Waals surface area (Å²) in [5, 5.41) is 18.1. The van der Waals surface area contributed by atoms with Crippen LogP contribution < -0.4 is 5.32 Å². The molecule has 0 aliphatic heterocycles. The number of benzene rings is 1. The molecule has 0 bridgehead atoms. The van der Waals surface area contributed by atoms with Gasteiger partial charge < -0.3 is 20.3 Å². The van der Waals surface area contributed by atoms with Crippen molar-refractivity contribution < 1.29 is 24.5 Å². The smallest absolute Gasteiger partial charge is 0.414 e. The predicted molar refractivity (Wildman–Crippen MR) is 74.7 cm³/mol. The van der Waals surface area contributed by atoms with Crippen molar-refractivity contribution in [3.05, 3.63) is 35.4 Å². The van der Waals surface area contributed by atoms with Crippen molar-refractivity contribution in [3.63, 3.8) is 0 Å². The van der Waals surface area contributed by atoms with Crippen molar-refractivity contribution in [2.45, 2.75) is 19.9 Å². The average molecular weight is 283 g/mol. The minimum Gasteiger partial charge on any atom is -0.473 e. The number of nitrogens with one attached hydrogen (secondary N) is 1. The lowest BCUT2D eigenvalue weighted by atomic mass is 10.1. The summed E-state index contributed by atoms with van der Waals surface area (Å²) in [6, 6.07) is 8.73. The van der Waals surface area contributed by atoms with E-state index in [-0.39, 0.29) is 0 Å². The molecule has 0 radical (unpaired) electrons. The van der Waals surface area contributed by atoms with Gasteiger partial charge in [0.25, 0.3) is 0 Å². The van der Waals surface area contributed by atoms with Crippen molar-refractivity contribution in [1.29, 1.82) is 0 Å². The number of rotatable bonds is 6. The molecule has 0 saturated heterocycles. The van der Waals surface area contributed by atoms with E-state index in [0.29, 0.717) is 0 Å². The molecule has 6 heteroatoms. The second kappa shape index (κ2) is 11.0. The number of aryl methyl sites for hydroxylation is 1. The zero-order valence-electron chi connectivity index (χ0n) is 11.8. The largest absolute Gasteiger partial charge is 0.473 e. The van der Waals surface area contributed by atoms with Crippen LogP contribution in [0.5, 0.6) is 0 Å². The van der Waals surface area contributed by atoms with E-state index >= 15 is 0 Å². The fourth-order valence-corrected chi connectivity index (χ4v) is 1.30. The van der Waals surface area contributed by atoms with Crippen molar-refractivity contribution in [1.82, 2.24) is 5.32 Å². The van der Waals surface area contributed by atoms with Gasteiger partial charge in [0.1, 0.15) is 0 Å². The number of carboxylic acid groups (broad SMARTS) is 2. The van der Waals surface area contributed by atoms with Crippen LogP contribution in [-0.2, 0) is 27.3 Å². The fraction of sp³-hybridized carbons (Fsp3) is 0.429. The minimum atomic E-state index is -1.82. The number of hydrogen-bond donors (Lipinski definition) is 3. The number of hydrogen-bond acceptors (Lipinski definition) is 4. The number of aliphatic carboxylic acids is 2. The molecule has 0 unspecified atom stereocenters. The second-order valence-corrected chi connectivity index (χ2v) is 3.95. The first-order valence-electron chi connectivity index (χ1n) is 6.25. The van der Waals surface area contributed by atoms with Crippen LogP contribution in [0.2, 0.25) is 0 Å². The summed E-state index contributed by atoms with van der Waals surface area (Å²) in [6.45, 7) is 4.78. The summed E-state index contributed by atoms with van der Waals surface area (Å²) in [7, 11) is 1.72. The lowest BCUT2D eigenvalue weighted by molar-refractivity contribution is -0.159. The highest BCUT2D eigenvalue weighted by Crippen LogP contribution is 2.04. The third-order valence-corrected chi connectivity index (χ3v) is 2.43. The highest BCUT2D eigenvalue weighted by atomic mass is 16.5. The van der Waals surface area contributed by atoms with E-state index < -0.39 is 11.9 Å². The Morgan fingerprint density at radius 2 is 1.60 bits per heavy atom. The molecule has 0 saturated carbocycles. The predicted octanol–water partition coefficient (Wildman–Crippen LogP) is 1.14. The Morgan fingerprint density at radius 1 is 1.10 bits per heavy atom. The Hall–Kier alpha value is -1.92. The van der Waals surface area contributed by atoms with Crippen LogP contribution in [0.25, 0.3) is 0 Å². The van der Waals surface area contributed by atoms with Gasteiger partial charge in [-0.15, -0.1) is 0 Å². The van der Waals surface area contributed by atoms with Gasteiger partial charge in [-0.3, -0.25) is 0 Å². The Balaban J connectivity index is 0.000000511. The molecule has 20 heavy (non-hydrogen) atoms. The van der Waals surface area contributed by atoms with E-state index in [1.165, 1.54) is 11.1 Å². The molecule has 0 amide bonds. The summed E-state index contributed by atoms with van der Waals surface area (Å²) >= 11 is 0. The Morgan fingerprint density at radius 3 is 2.00 bits per heavy atom. The van der Waals surface area contributed by atoms with E-state index in [2.05, 4.69) is 36.5 Å². The molecule has 0 heterocycles. The maximum absolute atomic E-state index is 9.10. The SMILES string of the molecule is CCc1ccc(CNCCOC)cc1.O=C(O)C(=O)O. The third-order valence-electron chi connectivity index (χ3n) is 2.43. The maximum Gasteiger partial charge on any atom is 0.414 e.